The number of nitrogens with zero attached hydrogens (tertiary/aromatic N) is 3. The minimum absolute atomic E-state index is 0.0900. The van der Waals surface area contributed by atoms with Crippen molar-refractivity contribution in [2.45, 2.75) is 46.7 Å². The number of hydrogen-bond acceptors (Lipinski definition) is 5. The van der Waals surface area contributed by atoms with Crippen molar-refractivity contribution in [1.29, 1.82) is 0 Å². The molecular weight excluding hydrogens is 370 g/mol. The summed E-state index contributed by atoms with van der Waals surface area (Å²) < 4.78 is 0. The van der Waals surface area contributed by atoms with E-state index in [2.05, 4.69) is 55.4 Å². The lowest BCUT2D eigenvalue weighted by atomic mass is 10.0. The molecule has 0 aliphatic carbocycles. The van der Waals surface area contributed by atoms with Crippen LogP contribution in [0.4, 0.5) is 11.6 Å². The maximum atomic E-state index is 6.13. The molecule has 3 rings (SSSR count). The van der Waals surface area contributed by atoms with Gasteiger partial charge in [-0.1, -0.05) is 23.7 Å². The topological polar surface area (TPSA) is 53.1 Å². The number of benzene rings is 1. The summed E-state index contributed by atoms with van der Waals surface area (Å²) in [5.74, 6) is 1.74. The third kappa shape index (κ3) is 4.65. The van der Waals surface area contributed by atoms with Crippen LogP contribution in [0.25, 0.3) is 5.57 Å². The standard InChI is InChI=1S/C22H30ClN5/c1-6-14(2)21-22(26-17(5)19-8-7-18(23)11-15(19)3)27-20(12-25-21)28-10-9-24-16(4)13-28/h6-8,11-12,16-17,24H,9-10,13H2,1-5H3,(H,26,27). The molecule has 2 heterocycles. The summed E-state index contributed by atoms with van der Waals surface area (Å²) in [4.78, 5) is 12.0. The van der Waals surface area contributed by atoms with Crippen molar-refractivity contribution in [1.82, 2.24) is 15.3 Å². The van der Waals surface area contributed by atoms with E-state index in [1.165, 1.54) is 5.56 Å². The first-order valence-corrected chi connectivity index (χ1v) is 10.3. The van der Waals surface area contributed by atoms with Gasteiger partial charge in [0.25, 0.3) is 0 Å². The largest absolute Gasteiger partial charge is 0.362 e. The van der Waals surface area contributed by atoms with Gasteiger partial charge in [-0.05, 0) is 63.5 Å². The Bertz CT molecular complexity index is 864. The number of aromatic nitrogens is 2. The zero-order valence-corrected chi connectivity index (χ0v) is 18.1. The van der Waals surface area contributed by atoms with Crippen LogP contribution in [0.1, 0.15) is 50.6 Å². The van der Waals surface area contributed by atoms with Gasteiger partial charge < -0.3 is 15.5 Å². The van der Waals surface area contributed by atoms with Crippen LogP contribution in [0, 0.1) is 6.92 Å². The van der Waals surface area contributed by atoms with Gasteiger partial charge in [-0.2, -0.15) is 0 Å². The molecule has 1 fully saturated rings. The molecule has 1 aliphatic rings. The number of piperazine rings is 1. The molecule has 0 bridgehead atoms. The molecule has 1 aromatic heterocycles. The van der Waals surface area contributed by atoms with Gasteiger partial charge in [0.1, 0.15) is 11.5 Å². The van der Waals surface area contributed by atoms with Crippen molar-refractivity contribution in [3.8, 4) is 0 Å². The maximum Gasteiger partial charge on any atom is 0.155 e. The fourth-order valence-corrected chi connectivity index (χ4v) is 3.83. The van der Waals surface area contributed by atoms with E-state index in [1.807, 2.05) is 25.3 Å². The molecule has 6 heteroatoms. The quantitative estimate of drug-likeness (QED) is 0.753. The fourth-order valence-electron chi connectivity index (χ4n) is 3.61. The summed E-state index contributed by atoms with van der Waals surface area (Å²) in [6, 6.07) is 6.54. The molecule has 1 saturated heterocycles. The zero-order valence-electron chi connectivity index (χ0n) is 17.4. The van der Waals surface area contributed by atoms with Gasteiger partial charge in [-0.3, -0.25) is 0 Å². The summed E-state index contributed by atoms with van der Waals surface area (Å²) in [7, 11) is 0. The zero-order chi connectivity index (χ0) is 20.3. The number of aryl methyl sites for hydroxylation is 1. The van der Waals surface area contributed by atoms with Crippen LogP contribution in [0.5, 0.6) is 0 Å². The van der Waals surface area contributed by atoms with E-state index in [0.29, 0.717) is 6.04 Å². The summed E-state index contributed by atoms with van der Waals surface area (Å²) in [5, 5.41) is 7.83. The smallest absolute Gasteiger partial charge is 0.155 e. The molecule has 0 radical (unpaired) electrons. The lowest BCUT2D eigenvalue weighted by Gasteiger charge is -2.33. The molecule has 2 N–H and O–H groups in total. The predicted molar refractivity (Wildman–Crippen MR) is 119 cm³/mol. The minimum Gasteiger partial charge on any atom is -0.362 e. The van der Waals surface area contributed by atoms with Crippen LogP contribution in [0.2, 0.25) is 5.02 Å². The van der Waals surface area contributed by atoms with Gasteiger partial charge in [0.15, 0.2) is 5.82 Å². The Morgan fingerprint density at radius 3 is 2.89 bits per heavy atom. The maximum absolute atomic E-state index is 6.13. The summed E-state index contributed by atoms with van der Waals surface area (Å²) in [6.45, 7) is 13.4. The van der Waals surface area contributed by atoms with E-state index in [1.54, 1.807) is 0 Å². The molecule has 1 aromatic carbocycles. The predicted octanol–water partition coefficient (Wildman–Crippen LogP) is 4.83. The molecule has 0 spiro atoms. The molecule has 1 aliphatic heterocycles. The van der Waals surface area contributed by atoms with Crippen LogP contribution in [-0.2, 0) is 0 Å². The van der Waals surface area contributed by atoms with Crippen molar-refractivity contribution in [3.05, 3.63) is 52.3 Å². The van der Waals surface area contributed by atoms with Gasteiger partial charge in [0.2, 0.25) is 0 Å². The van der Waals surface area contributed by atoms with E-state index in [4.69, 9.17) is 21.6 Å². The highest BCUT2D eigenvalue weighted by molar-refractivity contribution is 6.30. The third-order valence-electron chi connectivity index (χ3n) is 5.31. The first-order chi connectivity index (χ1) is 13.4. The number of rotatable bonds is 5. The Balaban J connectivity index is 1.93. The molecule has 150 valence electrons. The van der Waals surface area contributed by atoms with E-state index in [0.717, 1.165) is 53.1 Å². The van der Waals surface area contributed by atoms with E-state index in [-0.39, 0.29) is 6.04 Å². The lowest BCUT2D eigenvalue weighted by molar-refractivity contribution is 0.482. The van der Waals surface area contributed by atoms with Gasteiger partial charge in [-0.25, -0.2) is 9.97 Å². The average molecular weight is 400 g/mol. The average Bonchev–Trinajstić information content (AvgIpc) is 2.67. The number of halogens is 1. The Kier molecular flexibility index (Phi) is 6.57. The number of nitrogens with one attached hydrogen (secondary N) is 2. The van der Waals surface area contributed by atoms with Gasteiger partial charge in [0, 0.05) is 30.7 Å². The van der Waals surface area contributed by atoms with Crippen LogP contribution >= 0.6 is 11.6 Å². The molecule has 2 aromatic rings. The first-order valence-electron chi connectivity index (χ1n) is 9.90. The van der Waals surface area contributed by atoms with Crippen molar-refractivity contribution in [3.63, 3.8) is 0 Å². The van der Waals surface area contributed by atoms with Gasteiger partial charge in [-0.15, -0.1) is 0 Å². The van der Waals surface area contributed by atoms with Crippen molar-refractivity contribution in [2.24, 2.45) is 0 Å². The van der Waals surface area contributed by atoms with Gasteiger partial charge >= 0.3 is 0 Å². The molecule has 28 heavy (non-hydrogen) atoms. The molecule has 0 saturated carbocycles. The van der Waals surface area contributed by atoms with Crippen LogP contribution < -0.4 is 15.5 Å². The third-order valence-corrected chi connectivity index (χ3v) is 5.55. The second kappa shape index (κ2) is 8.93. The summed E-state index contributed by atoms with van der Waals surface area (Å²) in [5.41, 5.74) is 4.37. The van der Waals surface area contributed by atoms with Crippen molar-refractivity contribution < 1.29 is 0 Å². The minimum atomic E-state index is 0.0900. The Labute approximate surface area is 173 Å². The van der Waals surface area contributed by atoms with Crippen LogP contribution in [0.15, 0.2) is 30.5 Å². The molecular formula is C22H30ClN5. The Hall–Kier alpha value is -2.11. The fraction of sp³-hybridized carbons (Fsp3) is 0.455. The summed E-state index contributed by atoms with van der Waals surface area (Å²) >= 11 is 6.13. The van der Waals surface area contributed by atoms with Crippen molar-refractivity contribution >= 4 is 28.8 Å². The summed E-state index contributed by atoms with van der Waals surface area (Å²) in [6.07, 6.45) is 3.96. The molecule has 0 amide bonds. The van der Waals surface area contributed by atoms with E-state index < -0.39 is 0 Å². The molecule has 2 unspecified atom stereocenters. The van der Waals surface area contributed by atoms with E-state index >= 15 is 0 Å². The lowest BCUT2D eigenvalue weighted by Crippen LogP contribution is -2.49. The number of anilines is 2. The molecule has 2 atom stereocenters. The van der Waals surface area contributed by atoms with Crippen molar-refractivity contribution in [2.75, 3.05) is 29.9 Å². The molecule has 5 nitrogen and oxygen atoms in total. The number of hydrogen-bond donors (Lipinski definition) is 2. The number of allylic oxidation sites excluding steroid dienone is 2. The Morgan fingerprint density at radius 1 is 1.43 bits per heavy atom. The van der Waals surface area contributed by atoms with E-state index in [9.17, 15) is 0 Å². The Morgan fingerprint density at radius 2 is 2.21 bits per heavy atom. The van der Waals surface area contributed by atoms with Crippen LogP contribution in [-0.4, -0.2) is 35.6 Å². The monoisotopic (exact) mass is 399 g/mol. The second-order valence-electron chi connectivity index (χ2n) is 7.57. The van der Waals surface area contributed by atoms with Gasteiger partial charge in [0.05, 0.1) is 12.2 Å². The SMILES string of the molecule is CC=C(C)c1ncc(N2CCNC(C)C2)nc1NC(C)c1ccc(Cl)cc1C. The highest BCUT2D eigenvalue weighted by Crippen LogP contribution is 2.29. The first kappa shape index (κ1) is 20.6. The van der Waals surface area contributed by atoms with Crippen LogP contribution in [0.3, 0.4) is 0 Å². The normalized spacial score (nSPS) is 18.9. The second-order valence-corrected chi connectivity index (χ2v) is 8.00. The highest BCUT2D eigenvalue weighted by atomic mass is 35.5. The highest BCUT2D eigenvalue weighted by Gasteiger charge is 2.20.